The van der Waals surface area contributed by atoms with Gasteiger partial charge in [-0.3, -0.25) is 4.79 Å². The SMILES string of the molecule is CCOc1ccc(NC(=O)Cc2csc(Cc3ccccc3)n2)cc1S(=O)(=O)N(CC)CC. The van der Waals surface area contributed by atoms with Gasteiger partial charge in [-0.2, -0.15) is 4.31 Å². The molecule has 0 aliphatic carbocycles. The van der Waals surface area contributed by atoms with Gasteiger partial charge in [0.2, 0.25) is 15.9 Å². The average molecular weight is 488 g/mol. The highest BCUT2D eigenvalue weighted by Gasteiger charge is 2.26. The first-order valence-corrected chi connectivity index (χ1v) is 13.2. The number of amides is 1. The van der Waals surface area contributed by atoms with Crippen molar-refractivity contribution in [3.8, 4) is 5.75 Å². The number of aromatic nitrogens is 1. The number of anilines is 1. The molecule has 33 heavy (non-hydrogen) atoms. The lowest BCUT2D eigenvalue weighted by atomic mass is 10.2. The summed E-state index contributed by atoms with van der Waals surface area (Å²) >= 11 is 1.52. The van der Waals surface area contributed by atoms with Gasteiger partial charge in [-0.1, -0.05) is 44.2 Å². The van der Waals surface area contributed by atoms with Crippen LogP contribution in [-0.4, -0.2) is 43.3 Å². The second-order valence-electron chi connectivity index (χ2n) is 7.30. The highest BCUT2D eigenvalue weighted by atomic mass is 32.2. The molecule has 3 aromatic rings. The van der Waals surface area contributed by atoms with E-state index >= 15 is 0 Å². The fourth-order valence-corrected chi connectivity index (χ4v) is 5.86. The number of thiazole rings is 1. The Morgan fingerprint density at radius 1 is 1.09 bits per heavy atom. The highest BCUT2D eigenvalue weighted by molar-refractivity contribution is 7.89. The van der Waals surface area contributed by atoms with E-state index in [-0.39, 0.29) is 23.0 Å². The van der Waals surface area contributed by atoms with Crippen LogP contribution in [0.2, 0.25) is 0 Å². The third-order valence-corrected chi connectivity index (χ3v) is 7.96. The first-order valence-electron chi connectivity index (χ1n) is 10.9. The Bertz CT molecular complexity index is 1170. The minimum atomic E-state index is -3.75. The van der Waals surface area contributed by atoms with Gasteiger partial charge in [0.05, 0.1) is 23.7 Å². The lowest BCUT2D eigenvalue weighted by Crippen LogP contribution is -2.31. The highest BCUT2D eigenvalue weighted by Crippen LogP contribution is 2.30. The summed E-state index contributed by atoms with van der Waals surface area (Å²) in [5.74, 6) is 0.00867. The van der Waals surface area contributed by atoms with Crippen LogP contribution in [0.3, 0.4) is 0 Å². The molecule has 2 aromatic carbocycles. The summed E-state index contributed by atoms with van der Waals surface area (Å²) in [6.07, 6.45) is 0.829. The van der Waals surface area contributed by atoms with E-state index in [0.29, 0.717) is 31.1 Å². The summed E-state index contributed by atoms with van der Waals surface area (Å²) in [5.41, 5.74) is 2.25. The van der Waals surface area contributed by atoms with Gasteiger partial charge in [-0.05, 0) is 30.7 Å². The normalized spacial score (nSPS) is 11.5. The molecular weight excluding hydrogens is 458 g/mol. The van der Waals surface area contributed by atoms with E-state index in [0.717, 1.165) is 11.4 Å². The first kappa shape index (κ1) is 24.9. The van der Waals surface area contributed by atoms with Gasteiger partial charge >= 0.3 is 0 Å². The Kier molecular flexibility index (Phi) is 8.60. The topological polar surface area (TPSA) is 88.6 Å². The van der Waals surface area contributed by atoms with Crippen molar-refractivity contribution in [2.24, 2.45) is 0 Å². The summed E-state index contributed by atoms with van der Waals surface area (Å²) in [6.45, 7) is 6.39. The van der Waals surface area contributed by atoms with Crippen molar-refractivity contribution in [1.29, 1.82) is 0 Å². The Labute approximate surface area is 199 Å². The summed E-state index contributed by atoms with van der Waals surface area (Å²) in [7, 11) is -3.75. The maximum atomic E-state index is 13.1. The molecule has 0 aliphatic rings. The van der Waals surface area contributed by atoms with Crippen molar-refractivity contribution in [3.63, 3.8) is 0 Å². The molecule has 1 heterocycles. The van der Waals surface area contributed by atoms with Crippen LogP contribution >= 0.6 is 11.3 Å². The Hall–Kier alpha value is -2.75. The Morgan fingerprint density at radius 2 is 1.82 bits per heavy atom. The van der Waals surface area contributed by atoms with E-state index in [1.165, 1.54) is 27.3 Å². The average Bonchev–Trinajstić information content (AvgIpc) is 3.22. The number of hydrogen-bond acceptors (Lipinski definition) is 6. The molecule has 0 unspecified atom stereocenters. The number of benzene rings is 2. The molecule has 0 aliphatic heterocycles. The number of carbonyl (C=O) groups is 1. The lowest BCUT2D eigenvalue weighted by Gasteiger charge is -2.21. The molecule has 176 valence electrons. The van der Waals surface area contributed by atoms with E-state index in [4.69, 9.17) is 4.74 Å². The molecule has 0 fully saturated rings. The lowest BCUT2D eigenvalue weighted by molar-refractivity contribution is -0.115. The summed E-state index contributed by atoms with van der Waals surface area (Å²) in [6, 6.07) is 14.7. The summed E-state index contributed by atoms with van der Waals surface area (Å²) in [4.78, 5) is 17.2. The van der Waals surface area contributed by atoms with Gasteiger partial charge in [-0.15, -0.1) is 11.3 Å². The molecule has 9 heteroatoms. The Morgan fingerprint density at radius 3 is 2.48 bits per heavy atom. The molecular formula is C24H29N3O4S2. The van der Waals surface area contributed by atoms with Crippen molar-refractivity contribution in [3.05, 3.63) is 70.2 Å². The number of sulfonamides is 1. The molecule has 0 saturated carbocycles. The Balaban J connectivity index is 1.73. The van der Waals surface area contributed by atoms with Crippen LogP contribution in [0.1, 0.15) is 37.0 Å². The van der Waals surface area contributed by atoms with E-state index in [1.807, 2.05) is 35.7 Å². The molecule has 1 amide bonds. The van der Waals surface area contributed by atoms with Crippen molar-refractivity contribution >= 4 is 33.0 Å². The first-order chi connectivity index (χ1) is 15.9. The summed E-state index contributed by atoms with van der Waals surface area (Å²) < 4.78 is 33.1. The third-order valence-electron chi connectivity index (χ3n) is 4.99. The van der Waals surface area contributed by atoms with E-state index in [1.54, 1.807) is 32.9 Å². The van der Waals surface area contributed by atoms with Crippen LogP contribution in [0, 0.1) is 0 Å². The largest absolute Gasteiger partial charge is 0.492 e. The fraction of sp³-hybridized carbons (Fsp3) is 0.333. The fourth-order valence-electron chi connectivity index (χ4n) is 3.42. The summed E-state index contributed by atoms with van der Waals surface area (Å²) in [5, 5.41) is 5.62. The van der Waals surface area contributed by atoms with Crippen molar-refractivity contribution in [2.45, 2.75) is 38.5 Å². The van der Waals surface area contributed by atoms with Crippen molar-refractivity contribution < 1.29 is 17.9 Å². The monoisotopic (exact) mass is 487 g/mol. The second-order valence-corrected chi connectivity index (χ2v) is 10.2. The van der Waals surface area contributed by atoms with Crippen LogP contribution in [0.15, 0.2) is 58.8 Å². The molecule has 0 radical (unpaired) electrons. The number of rotatable bonds is 11. The van der Waals surface area contributed by atoms with Crippen molar-refractivity contribution in [1.82, 2.24) is 9.29 Å². The standard InChI is InChI=1S/C24H29N3O4S2/c1-4-27(5-2)33(29,30)22-15-19(12-13-21(22)31-6-3)25-23(28)16-20-17-32-24(26-20)14-18-10-8-7-9-11-18/h7-13,15,17H,4-6,14,16H2,1-3H3,(H,25,28). The van der Waals surface area contributed by atoms with E-state index in [2.05, 4.69) is 10.3 Å². The molecule has 7 nitrogen and oxygen atoms in total. The van der Waals surface area contributed by atoms with E-state index < -0.39 is 10.0 Å². The zero-order valence-corrected chi connectivity index (χ0v) is 20.7. The zero-order chi connectivity index (χ0) is 23.8. The number of nitrogens with one attached hydrogen (secondary N) is 1. The van der Waals surface area contributed by atoms with Crippen LogP contribution in [0.5, 0.6) is 5.75 Å². The molecule has 0 atom stereocenters. The zero-order valence-electron chi connectivity index (χ0n) is 19.1. The molecule has 0 bridgehead atoms. The van der Waals surface area contributed by atoms with Crippen molar-refractivity contribution in [2.75, 3.05) is 25.0 Å². The van der Waals surface area contributed by atoms with Gasteiger partial charge in [0.25, 0.3) is 0 Å². The van der Waals surface area contributed by atoms with Crippen LogP contribution in [0.25, 0.3) is 0 Å². The minimum Gasteiger partial charge on any atom is -0.492 e. The number of ether oxygens (including phenoxy) is 1. The predicted octanol–water partition coefficient (Wildman–Crippen LogP) is 4.34. The maximum absolute atomic E-state index is 13.1. The third kappa shape index (κ3) is 6.40. The number of nitrogens with zero attached hydrogens (tertiary/aromatic N) is 2. The number of hydrogen-bond donors (Lipinski definition) is 1. The maximum Gasteiger partial charge on any atom is 0.246 e. The number of carbonyl (C=O) groups excluding carboxylic acids is 1. The van der Waals surface area contributed by atoms with Gasteiger partial charge in [0.15, 0.2) is 0 Å². The van der Waals surface area contributed by atoms with E-state index in [9.17, 15) is 13.2 Å². The van der Waals surface area contributed by atoms with Crippen LogP contribution in [-0.2, 0) is 27.7 Å². The van der Waals surface area contributed by atoms with Gasteiger partial charge in [0, 0.05) is 30.6 Å². The van der Waals surface area contributed by atoms with Crippen LogP contribution < -0.4 is 10.1 Å². The van der Waals surface area contributed by atoms with Gasteiger partial charge in [0.1, 0.15) is 10.6 Å². The molecule has 3 rings (SSSR count). The molecule has 1 N–H and O–H groups in total. The van der Waals surface area contributed by atoms with Gasteiger partial charge < -0.3 is 10.1 Å². The molecule has 1 aromatic heterocycles. The van der Waals surface area contributed by atoms with Gasteiger partial charge in [-0.25, -0.2) is 13.4 Å². The second kappa shape index (κ2) is 11.4. The van der Waals surface area contributed by atoms with Crippen LogP contribution in [0.4, 0.5) is 5.69 Å². The molecule has 0 spiro atoms. The minimum absolute atomic E-state index is 0.0460. The molecule has 0 saturated heterocycles. The quantitative estimate of drug-likeness (QED) is 0.435. The predicted molar refractivity (Wildman–Crippen MR) is 131 cm³/mol. The smallest absolute Gasteiger partial charge is 0.246 e.